The van der Waals surface area contributed by atoms with Gasteiger partial charge in [-0.25, -0.2) is 4.68 Å². The maximum atomic E-state index is 4.63. The first-order valence-electron chi connectivity index (χ1n) is 5.30. The van der Waals surface area contributed by atoms with Crippen LogP contribution >= 0.6 is 15.9 Å². The zero-order chi connectivity index (χ0) is 11.1. The van der Waals surface area contributed by atoms with Crippen molar-refractivity contribution in [1.82, 2.24) is 15.1 Å². The summed E-state index contributed by atoms with van der Waals surface area (Å²) in [5.74, 6) is 0. The van der Waals surface area contributed by atoms with Crippen LogP contribution in [0.3, 0.4) is 0 Å². The summed E-state index contributed by atoms with van der Waals surface area (Å²) < 4.78 is 3.06. The SMILES string of the molecule is Cc1ccccc1-n1nc2c(c1Br)CNC2. The van der Waals surface area contributed by atoms with Crippen LogP contribution in [0.15, 0.2) is 28.9 Å². The molecule has 0 aliphatic carbocycles. The van der Waals surface area contributed by atoms with Crippen molar-refractivity contribution < 1.29 is 0 Å². The number of rotatable bonds is 1. The summed E-state index contributed by atoms with van der Waals surface area (Å²) >= 11 is 3.63. The number of nitrogens with zero attached hydrogens (tertiary/aromatic N) is 2. The first-order chi connectivity index (χ1) is 7.77. The van der Waals surface area contributed by atoms with Crippen LogP contribution in [0, 0.1) is 6.92 Å². The van der Waals surface area contributed by atoms with E-state index >= 15 is 0 Å². The molecule has 3 nitrogen and oxygen atoms in total. The van der Waals surface area contributed by atoms with Crippen molar-refractivity contribution in [3.8, 4) is 5.69 Å². The molecule has 0 spiro atoms. The summed E-state index contributed by atoms with van der Waals surface area (Å²) in [5.41, 5.74) is 4.81. The van der Waals surface area contributed by atoms with E-state index in [0.717, 1.165) is 29.1 Å². The van der Waals surface area contributed by atoms with E-state index in [9.17, 15) is 0 Å². The highest BCUT2D eigenvalue weighted by Crippen LogP contribution is 2.28. The van der Waals surface area contributed by atoms with E-state index in [1.54, 1.807) is 0 Å². The second kappa shape index (κ2) is 3.71. The Bertz CT molecular complexity index is 545. The first kappa shape index (κ1) is 10.1. The lowest BCUT2D eigenvalue weighted by Gasteiger charge is -2.07. The number of nitrogens with one attached hydrogen (secondary N) is 1. The molecule has 0 radical (unpaired) electrons. The fourth-order valence-corrected chi connectivity index (χ4v) is 2.69. The van der Waals surface area contributed by atoms with Crippen molar-refractivity contribution >= 4 is 15.9 Å². The van der Waals surface area contributed by atoms with Gasteiger partial charge in [-0.1, -0.05) is 18.2 Å². The Morgan fingerprint density at radius 2 is 2.12 bits per heavy atom. The molecule has 4 heteroatoms. The lowest BCUT2D eigenvalue weighted by atomic mass is 10.2. The normalized spacial score (nSPS) is 14.1. The van der Waals surface area contributed by atoms with Crippen LogP contribution in [0.2, 0.25) is 0 Å². The minimum atomic E-state index is 0.868. The first-order valence-corrected chi connectivity index (χ1v) is 6.09. The summed E-state index contributed by atoms with van der Waals surface area (Å²) in [6.07, 6.45) is 0. The Hall–Kier alpha value is -1.13. The number of benzene rings is 1. The molecule has 0 fully saturated rings. The van der Waals surface area contributed by atoms with Gasteiger partial charge in [0.15, 0.2) is 0 Å². The third-order valence-electron chi connectivity index (χ3n) is 2.94. The third-order valence-corrected chi connectivity index (χ3v) is 3.76. The van der Waals surface area contributed by atoms with Gasteiger partial charge < -0.3 is 5.32 Å². The van der Waals surface area contributed by atoms with Crippen LogP contribution in [0.1, 0.15) is 16.8 Å². The number of halogens is 1. The van der Waals surface area contributed by atoms with E-state index in [-0.39, 0.29) is 0 Å². The zero-order valence-electron chi connectivity index (χ0n) is 9.00. The molecule has 1 aromatic carbocycles. The van der Waals surface area contributed by atoms with Crippen molar-refractivity contribution in [2.45, 2.75) is 20.0 Å². The average molecular weight is 278 g/mol. The van der Waals surface area contributed by atoms with Gasteiger partial charge in [-0.05, 0) is 34.5 Å². The maximum absolute atomic E-state index is 4.63. The largest absolute Gasteiger partial charge is 0.307 e. The predicted octanol–water partition coefficient (Wildman–Crippen LogP) is 2.55. The summed E-state index contributed by atoms with van der Waals surface area (Å²) in [6.45, 7) is 3.88. The Morgan fingerprint density at radius 1 is 1.31 bits per heavy atom. The van der Waals surface area contributed by atoms with Gasteiger partial charge in [-0.2, -0.15) is 5.10 Å². The predicted molar refractivity (Wildman–Crippen MR) is 66.5 cm³/mol. The molecule has 1 N–H and O–H groups in total. The highest BCUT2D eigenvalue weighted by atomic mass is 79.9. The summed E-state index contributed by atoms with van der Waals surface area (Å²) in [7, 11) is 0. The molecule has 82 valence electrons. The summed E-state index contributed by atoms with van der Waals surface area (Å²) in [5, 5.41) is 7.92. The average Bonchev–Trinajstić information content (AvgIpc) is 2.83. The molecule has 2 heterocycles. The van der Waals surface area contributed by atoms with Crippen molar-refractivity contribution in [2.75, 3.05) is 0 Å². The van der Waals surface area contributed by atoms with Crippen molar-refractivity contribution in [1.29, 1.82) is 0 Å². The topological polar surface area (TPSA) is 29.9 Å². The van der Waals surface area contributed by atoms with Gasteiger partial charge in [0.1, 0.15) is 4.60 Å². The fraction of sp³-hybridized carbons (Fsp3) is 0.250. The van der Waals surface area contributed by atoms with Gasteiger partial charge in [0.25, 0.3) is 0 Å². The number of hydrogen-bond donors (Lipinski definition) is 1. The van der Waals surface area contributed by atoms with Crippen LogP contribution in [-0.4, -0.2) is 9.78 Å². The quantitative estimate of drug-likeness (QED) is 0.868. The van der Waals surface area contributed by atoms with Gasteiger partial charge >= 0.3 is 0 Å². The molecule has 16 heavy (non-hydrogen) atoms. The highest BCUT2D eigenvalue weighted by Gasteiger charge is 2.21. The lowest BCUT2D eigenvalue weighted by molar-refractivity contribution is 0.713. The number of fused-ring (bicyclic) bond motifs is 1. The van der Waals surface area contributed by atoms with Gasteiger partial charge in [-0.15, -0.1) is 0 Å². The van der Waals surface area contributed by atoms with Gasteiger partial charge in [-0.3, -0.25) is 0 Å². The minimum absolute atomic E-state index is 0.868. The number of hydrogen-bond acceptors (Lipinski definition) is 2. The van der Waals surface area contributed by atoms with E-state index < -0.39 is 0 Å². The molecule has 0 amide bonds. The number of aromatic nitrogens is 2. The smallest absolute Gasteiger partial charge is 0.114 e. The number of aryl methyl sites for hydroxylation is 1. The van der Waals surface area contributed by atoms with Gasteiger partial charge in [0.05, 0.1) is 11.4 Å². The standard InChI is InChI=1S/C12H12BrN3/c1-8-4-2-3-5-11(8)16-12(13)9-6-14-7-10(9)15-16/h2-5,14H,6-7H2,1H3. The molecule has 0 bridgehead atoms. The zero-order valence-corrected chi connectivity index (χ0v) is 10.6. The molecule has 0 saturated heterocycles. The second-order valence-corrected chi connectivity index (χ2v) is 4.77. The van der Waals surface area contributed by atoms with Crippen LogP contribution in [0.4, 0.5) is 0 Å². The van der Waals surface area contributed by atoms with Crippen LogP contribution in [0.5, 0.6) is 0 Å². The van der Waals surface area contributed by atoms with Crippen molar-refractivity contribution in [3.05, 3.63) is 45.7 Å². The van der Waals surface area contributed by atoms with Crippen LogP contribution < -0.4 is 5.32 Å². The molecule has 0 saturated carbocycles. The molecule has 0 unspecified atom stereocenters. The molecule has 1 aliphatic rings. The Balaban J connectivity index is 2.18. The molecule has 0 atom stereocenters. The van der Waals surface area contributed by atoms with Crippen molar-refractivity contribution in [3.63, 3.8) is 0 Å². The van der Waals surface area contributed by atoms with E-state index in [0.29, 0.717) is 0 Å². The Kier molecular flexibility index (Phi) is 2.33. The summed E-state index contributed by atoms with van der Waals surface area (Å²) in [4.78, 5) is 0. The van der Waals surface area contributed by atoms with E-state index in [4.69, 9.17) is 0 Å². The van der Waals surface area contributed by atoms with E-state index in [2.05, 4.69) is 45.4 Å². The Labute approximate surface area is 103 Å². The molecule has 1 aromatic heterocycles. The van der Waals surface area contributed by atoms with Crippen molar-refractivity contribution in [2.24, 2.45) is 0 Å². The fourth-order valence-electron chi connectivity index (χ4n) is 2.06. The highest BCUT2D eigenvalue weighted by molar-refractivity contribution is 9.10. The Morgan fingerprint density at radius 3 is 2.88 bits per heavy atom. The van der Waals surface area contributed by atoms with Crippen LogP contribution in [-0.2, 0) is 13.1 Å². The van der Waals surface area contributed by atoms with Gasteiger partial charge in [0, 0.05) is 18.7 Å². The third kappa shape index (κ3) is 1.41. The second-order valence-electron chi connectivity index (χ2n) is 4.02. The minimum Gasteiger partial charge on any atom is -0.307 e. The van der Waals surface area contributed by atoms with E-state index in [1.807, 2.05) is 16.8 Å². The molecule has 1 aliphatic heterocycles. The number of para-hydroxylation sites is 1. The molecule has 3 rings (SSSR count). The summed E-state index contributed by atoms with van der Waals surface area (Å²) in [6, 6.07) is 8.29. The molecular formula is C12H12BrN3. The van der Waals surface area contributed by atoms with E-state index in [1.165, 1.54) is 11.1 Å². The lowest BCUT2D eigenvalue weighted by Crippen LogP contribution is -2.07. The molecule has 2 aromatic rings. The van der Waals surface area contributed by atoms with Crippen LogP contribution in [0.25, 0.3) is 5.69 Å². The molecular weight excluding hydrogens is 266 g/mol. The maximum Gasteiger partial charge on any atom is 0.114 e. The monoisotopic (exact) mass is 277 g/mol. The van der Waals surface area contributed by atoms with Gasteiger partial charge in [0.2, 0.25) is 0 Å².